The van der Waals surface area contributed by atoms with Crippen molar-refractivity contribution in [3.8, 4) is 0 Å². The zero-order chi connectivity index (χ0) is 17.8. The van der Waals surface area contributed by atoms with Crippen LogP contribution >= 0.6 is 0 Å². The summed E-state index contributed by atoms with van der Waals surface area (Å²) in [4.78, 5) is 24.7. The second-order valence-corrected chi connectivity index (χ2v) is 5.97. The van der Waals surface area contributed by atoms with Gasteiger partial charge in [-0.15, -0.1) is 0 Å². The van der Waals surface area contributed by atoms with Gasteiger partial charge in [0.25, 0.3) is 0 Å². The average molecular weight is 334 g/mol. The Morgan fingerprint density at radius 3 is 2.12 bits per heavy atom. The second kappa shape index (κ2) is 11.7. The first kappa shape index (κ1) is 20.2. The number of rotatable bonds is 11. The Labute approximate surface area is 145 Å². The Morgan fingerprint density at radius 2 is 1.54 bits per heavy atom. The quantitative estimate of drug-likeness (QED) is 0.414. The van der Waals surface area contributed by atoms with Gasteiger partial charge in [0.15, 0.2) is 0 Å². The average Bonchev–Trinajstić information content (AvgIpc) is 2.61. The third-order valence-corrected chi connectivity index (χ3v) is 3.96. The molecule has 0 radical (unpaired) electrons. The minimum atomic E-state index is -0.463. The molecular weight excluding hydrogens is 304 g/mol. The number of ether oxygens (including phenoxy) is 2. The molecule has 0 aliphatic heterocycles. The number of carbonyl (C=O) groups excluding carboxylic acids is 2. The number of carbonyl (C=O) groups is 2. The summed E-state index contributed by atoms with van der Waals surface area (Å²) in [6.45, 7) is 6.55. The molecule has 24 heavy (non-hydrogen) atoms. The number of unbranched alkanes of at least 4 members (excludes halogenated alkanes) is 3. The lowest BCUT2D eigenvalue weighted by molar-refractivity contribution is 0.0258. The molecule has 0 saturated carbocycles. The molecule has 0 aromatic heterocycles. The van der Waals surface area contributed by atoms with E-state index in [1.54, 1.807) is 24.3 Å². The number of hydrogen-bond donors (Lipinski definition) is 0. The molecule has 0 spiro atoms. The van der Waals surface area contributed by atoms with Crippen LogP contribution in [0.1, 0.15) is 86.4 Å². The summed E-state index contributed by atoms with van der Waals surface area (Å²) in [6.07, 6.45) is 6.61. The summed E-state index contributed by atoms with van der Waals surface area (Å²) in [7, 11) is 0. The van der Waals surface area contributed by atoms with Gasteiger partial charge in [-0.1, -0.05) is 52.2 Å². The van der Waals surface area contributed by atoms with E-state index < -0.39 is 11.9 Å². The molecule has 1 rings (SSSR count). The topological polar surface area (TPSA) is 52.6 Å². The van der Waals surface area contributed by atoms with Crippen LogP contribution in [-0.4, -0.2) is 24.6 Å². The number of hydrogen-bond acceptors (Lipinski definition) is 4. The molecular formula is C20H30O4. The standard InChI is InChI=1S/C20H30O4/c1-4-7-9-12-16(6-3)24-20(22)18-14-11-10-13-17(18)19(21)23-15-8-5-2/h10-11,13-14,16H,4-9,12,15H2,1-3H3/t16-/m0/s1. The molecule has 0 saturated heterocycles. The molecule has 1 atom stereocenters. The van der Waals surface area contributed by atoms with Crippen LogP contribution < -0.4 is 0 Å². The van der Waals surface area contributed by atoms with Crippen molar-refractivity contribution < 1.29 is 19.1 Å². The van der Waals surface area contributed by atoms with Crippen LogP contribution in [0.25, 0.3) is 0 Å². The normalized spacial score (nSPS) is 11.8. The van der Waals surface area contributed by atoms with E-state index in [4.69, 9.17) is 9.47 Å². The molecule has 0 amide bonds. The van der Waals surface area contributed by atoms with E-state index in [1.807, 2.05) is 13.8 Å². The van der Waals surface area contributed by atoms with E-state index in [2.05, 4.69) is 6.92 Å². The van der Waals surface area contributed by atoms with Crippen molar-refractivity contribution in [3.05, 3.63) is 35.4 Å². The summed E-state index contributed by atoms with van der Waals surface area (Å²) in [6, 6.07) is 6.70. The highest BCUT2D eigenvalue weighted by Crippen LogP contribution is 2.16. The monoisotopic (exact) mass is 334 g/mol. The maximum Gasteiger partial charge on any atom is 0.339 e. The number of esters is 2. The first-order valence-electron chi connectivity index (χ1n) is 9.11. The zero-order valence-electron chi connectivity index (χ0n) is 15.2. The first-order chi connectivity index (χ1) is 11.6. The highest BCUT2D eigenvalue weighted by atomic mass is 16.5. The van der Waals surface area contributed by atoms with E-state index in [1.165, 1.54) is 0 Å². The lowest BCUT2D eigenvalue weighted by atomic mass is 10.1. The summed E-state index contributed by atoms with van der Waals surface area (Å²) in [5, 5.41) is 0. The van der Waals surface area contributed by atoms with E-state index in [0.717, 1.165) is 44.9 Å². The maximum atomic E-state index is 12.5. The van der Waals surface area contributed by atoms with Crippen LogP contribution in [0.4, 0.5) is 0 Å². The van der Waals surface area contributed by atoms with Crippen LogP contribution in [0.3, 0.4) is 0 Å². The molecule has 4 nitrogen and oxygen atoms in total. The van der Waals surface area contributed by atoms with Crippen molar-refractivity contribution in [2.45, 2.75) is 71.8 Å². The summed E-state index contributed by atoms with van der Waals surface area (Å²) in [5.74, 6) is -0.906. The molecule has 0 bridgehead atoms. The molecule has 0 fully saturated rings. The molecule has 0 aliphatic rings. The van der Waals surface area contributed by atoms with Crippen molar-refractivity contribution in [1.82, 2.24) is 0 Å². The van der Waals surface area contributed by atoms with Crippen molar-refractivity contribution in [2.75, 3.05) is 6.61 Å². The van der Waals surface area contributed by atoms with Crippen molar-refractivity contribution >= 4 is 11.9 Å². The van der Waals surface area contributed by atoms with Gasteiger partial charge in [0.05, 0.1) is 17.7 Å². The maximum absolute atomic E-state index is 12.5. The highest BCUT2D eigenvalue weighted by molar-refractivity contribution is 6.03. The van der Waals surface area contributed by atoms with Crippen LogP contribution in [0.5, 0.6) is 0 Å². The summed E-state index contributed by atoms with van der Waals surface area (Å²) in [5.41, 5.74) is 0.565. The van der Waals surface area contributed by atoms with E-state index >= 15 is 0 Å². The predicted octanol–water partition coefficient (Wildman–Crippen LogP) is 5.16. The Kier molecular flexibility index (Phi) is 9.81. The summed E-state index contributed by atoms with van der Waals surface area (Å²) < 4.78 is 10.8. The van der Waals surface area contributed by atoms with Gasteiger partial charge in [0.2, 0.25) is 0 Å². The van der Waals surface area contributed by atoms with Gasteiger partial charge in [0.1, 0.15) is 6.10 Å². The molecule has 0 heterocycles. The molecule has 1 aromatic rings. The van der Waals surface area contributed by atoms with E-state index in [-0.39, 0.29) is 17.2 Å². The minimum absolute atomic E-state index is 0.104. The largest absolute Gasteiger partial charge is 0.462 e. The molecule has 134 valence electrons. The first-order valence-corrected chi connectivity index (χ1v) is 9.11. The molecule has 0 unspecified atom stereocenters. The number of benzene rings is 1. The third-order valence-electron chi connectivity index (χ3n) is 3.96. The van der Waals surface area contributed by atoms with Crippen LogP contribution in [0.15, 0.2) is 24.3 Å². The SMILES string of the molecule is CCCCC[C@H](CC)OC(=O)c1ccccc1C(=O)OCCCC. The van der Waals surface area contributed by atoms with E-state index in [9.17, 15) is 9.59 Å². The van der Waals surface area contributed by atoms with Gasteiger partial charge in [0, 0.05) is 0 Å². The Balaban J connectivity index is 2.74. The molecule has 1 aromatic carbocycles. The fourth-order valence-electron chi connectivity index (χ4n) is 2.41. The smallest absolute Gasteiger partial charge is 0.339 e. The summed E-state index contributed by atoms with van der Waals surface area (Å²) >= 11 is 0. The lowest BCUT2D eigenvalue weighted by Crippen LogP contribution is -2.20. The third kappa shape index (κ3) is 6.73. The Bertz CT molecular complexity index is 510. The lowest BCUT2D eigenvalue weighted by Gasteiger charge is -2.17. The van der Waals surface area contributed by atoms with Crippen LogP contribution in [0.2, 0.25) is 0 Å². The van der Waals surface area contributed by atoms with Gasteiger partial charge in [-0.2, -0.15) is 0 Å². The van der Waals surface area contributed by atoms with Gasteiger partial charge in [-0.3, -0.25) is 0 Å². The predicted molar refractivity (Wildman–Crippen MR) is 95.3 cm³/mol. The van der Waals surface area contributed by atoms with E-state index in [0.29, 0.717) is 6.61 Å². The van der Waals surface area contributed by atoms with Gasteiger partial charge < -0.3 is 9.47 Å². The van der Waals surface area contributed by atoms with Crippen molar-refractivity contribution in [3.63, 3.8) is 0 Å². The second-order valence-electron chi connectivity index (χ2n) is 5.97. The molecule has 0 N–H and O–H groups in total. The van der Waals surface area contributed by atoms with Crippen molar-refractivity contribution in [2.24, 2.45) is 0 Å². The van der Waals surface area contributed by atoms with Gasteiger partial charge >= 0.3 is 11.9 Å². The molecule has 0 aliphatic carbocycles. The Hall–Kier alpha value is -1.84. The fourth-order valence-corrected chi connectivity index (χ4v) is 2.41. The minimum Gasteiger partial charge on any atom is -0.462 e. The highest BCUT2D eigenvalue weighted by Gasteiger charge is 2.21. The fraction of sp³-hybridized carbons (Fsp3) is 0.600. The zero-order valence-corrected chi connectivity index (χ0v) is 15.2. The van der Waals surface area contributed by atoms with Gasteiger partial charge in [-0.05, 0) is 37.8 Å². The van der Waals surface area contributed by atoms with Gasteiger partial charge in [-0.25, -0.2) is 9.59 Å². The molecule has 4 heteroatoms. The van der Waals surface area contributed by atoms with Crippen LogP contribution in [0, 0.1) is 0 Å². The van der Waals surface area contributed by atoms with Crippen LogP contribution in [-0.2, 0) is 9.47 Å². The van der Waals surface area contributed by atoms with Crippen molar-refractivity contribution in [1.29, 1.82) is 0 Å². The Morgan fingerprint density at radius 1 is 0.917 bits per heavy atom.